The van der Waals surface area contributed by atoms with E-state index in [-0.39, 0.29) is 0 Å². The molecule has 3 nitrogen and oxygen atoms in total. The molecule has 0 fully saturated rings. The lowest BCUT2D eigenvalue weighted by molar-refractivity contribution is -0.127. The van der Waals surface area contributed by atoms with Crippen LogP contribution in [0.15, 0.2) is 12.3 Å². The van der Waals surface area contributed by atoms with Gasteiger partial charge < -0.3 is 10.0 Å². The smallest absolute Gasteiger partial charge is 0.287 e. The fourth-order valence-corrected chi connectivity index (χ4v) is 0.258. The number of likely N-dealkylation sites (N-methyl/N-ethyl adjacent to an activating group) is 1. The summed E-state index contributed by atoms with van der Waals surface area (Å²) in [5.74, 6) is -0.875. The van der Waals surface area contributed by atoms with Crippen molar-refractivity contribution in [2.24, 2.45) is 0 Å². The fourth-order valence-electron chi connectivity index (χ4n) is 0.258. The summed E-state index contributed by atoms with van der Waals surface area (Å²) < 4.78 is 0. The van der Waals surface area contributed by atoms with Gasteiger partial charge in [0.15, 0.2) is 5.76 Å². The Morgan fingerprint density at radius 2 is 2.00 bits per heavy atom. The Morgan fingerprint density at radius 1 is 1.62 bits per heavy atom. The summed E-state index contributed by atoms with van der Waals surface area (Å²) in [5.41, 5.74) is 0. The molecule has 0 spiro atoms. The topological polar surface area (TPSA) is 40.5 Å². The van der Waals surface area contributed by atoms with E-state index in [4.69, 9.17) is 5.11 Å². The zero-order valence-electron chi connectivity index (χ0n) is 5.01. The van der Waals surface area contributed by atoms with Gasteiger partial charge in [-0.05, 0) is 0 Å². The molecular weight excluding hydrogens is 106 g/mol. The summed E-state index contributed by atoms with van der Waals surface area (Å²) in [7, 11) is 3.09. The molecule has 0 aromatic carbocycles. The molecule has 0 saturated carbocycles. The lowest BCUT2D eigenvalue weighted by atomic mass is 10.5. The number of carbonyl (C=O) groups excluding carboxylic acids is 1. The minimum absolute atomic E-state index is 0.421. The number of hydrogen-bond donors (Lipinski definition) is 1. The van der Waals surface area contributed by atoms with Gasteiger partial charge in [0.2, 0.25) is 0 Å². The van der Waals surface area contributed by atoms with Gasteiger partial charge in [-0.1, -0.05) is 6.58 Å². The summed E-state index contributed by atoms with van der Waals surface area (Å²) in [6.45, 7) is 3.04. The molecule has 1 N–H and O–H groups in total. The zero-order valence-corrected chi connectivity index (χ0v) is 5.01. The van der Waals surface area contributed by atoms with E-state index in [2.05, 4.69) is 6.58 Å². The van der Waals surface area contributed by atoms with Crippen molar-refractivity contribution >= 4 is 5.91 Å². The van der Waals surface area contributed by atoms with Gasteiger partial charge in [0.1, 0.15) is 0 Å². The van der Waals surface area contributed by atoms with Crippen molar-refractivity contribution in [2.45, 2.75) is 0 Å². The summed E-state index contributed by atoms with van der Waals surface area (Å²) >= 11 is 0. The van der Waals surface area contributed by atoms with Crippen LogP contribution in [0.5, 0.6) is 0 Å². The van der Waals surface area contributed by atoms with Crippen molar-refractivity contribution in [1.82, 2.24) is 4.90 Å². The van der Waals surface area contributed by atoms with Crippen LogP contribution in [0.25, 0.3) is 0 Å². The lowest BCUT2D eigenvalue weighted by Crippen LogP contribution is -2.22. The van der Waals surface area contributed by atoms with Crippen molar-refractivity contribution < 1.29 is 9.90 Å². The molecule has 0 aromatic heterocycles. The van der Waals surface area contributed by atoms with Gasteiger partial charge in [0, 0.05) is 14.1 Å². The van der Waals surface area contributed by atoms with Crippen LogP contribution >= 0.6 is 0 Å². The van der Waals surface area contributed by atoms with E-state index in [1.165, 1.54) is 4.90 Å². The van der Waals surface area contributed by atoms with E-state index in [1.54, 1.807) is 14.1 Å². The molecule has 0 saturated heterocycles. The zero-order chi connectivity index (χ0) is 6.73. The third-order valence-corrected chi connectivity index (χ3v) is 0.653. The normalized spacial score (nSPS) is 8.25. The summed E-state index contributed by atoms with van der Waals surface area (Å²) in [4.78, 5) is 11.7. The van der Waals surface area contributed by atoms with E-state index in [1.807, 2.05) is 0 Å². The maximum Gasteiger partial charge on any atom is 0.287 e. The van der Waals surface area contributed by atoms with Crippen LogP contribution in [-0.4, -0.2) is 30.0 Å². The first-order valence-corrected chi connectivity index (χ1v) is 2.15. The van der Waals surface area contributed by atoms with Crippen LogP contribution in [0.1, 0.15) is 0 Å². The number of carbonyl (C=O) groups is 1. The Kier molecular flexibility index (Phi) is 2.06. The highest BCUT2D eigenvalue weighted by Crippen LogP contribution is 1.86. The predicted molar refractivity (Wildman–Crippen MR) is 30.5 cm³/mol. The molecule has 0 aliphatic carbocycles. The van der Waals surface area contributed by atoms with Gasteiger partial charge >= 0.3 is 0 Å². The maximum absolute atomic E-state index is 10.4. The molecule has 0 heterocycles. The molecule has 8 heavy (non-hydrogen) atoms. The van der Waals surface area contributed by atoms with Gasteiger partial charge in [0.05, 0.1) is 0 Å². The number of aliphatic hydroxyl groups excluding tert-OH is 1. The first-order valence-electron chi connectivity index (χ1n) is 2.15. The summed E-state index contributed by atoms with van der Waals surface area (Å²) in [6.07, 6.45) is 0. The Morgan fingerprint density at radius 3 is 2.00 bits per heavy atom. The van der Waals surface area contributed by atoms with E-state index >= 15 is 0 Å². The van der Waals surface area contributed by atoms with Crippen LogP contribution < -0.4 is 0 Å². The van der Waals surface area contributed by atoms with Crippen LogP contribution in [0, 0.1) is 0 Å². The lowest BCUT2D eigenvalue weighted by Gasteiger charge is -2.06. The number of aliphatic hydroxyl groups is 1. The second kappa shape index (κ2) is 2.35. The molecule has 0 unspecified atom stereocenters. The second-order valence-corrected chi connectivity index (χ2v) is 1.65. The maximum atomic E-state index is 10.4. The highest BCUT2D eigenvalue weighted by atomic mass is 16.3. The second-order valence-electron chi connectivity index (χ2n) is 1.65. The molecule has 3 heteroatoms. The van der Waals surface area contributed by atoms with Gasteiger partial charge in [0.25, 0.3) is 5.91 Å². The van der Waals surface area contributed by atoms with E-state index in [0.717, 1.165) is 0 Å². The van der Waals surface area contributed by atoms with Gasteiger partial charge in [-0.3, -0.25) is 4.79 Å². The molecule has 46 valence electrons. The Bertz CT molecular complexity index is 118. The molecule has 1 amide bonds. The number of hydrogen-bond acceptors (Lipinski definition) is 2. The molecule has 0 aliphatic rings. The monoisotopic (exact) mass is 115 g/mol. The van der Waals surface area contributed by atoms with Crippen molar-refractivity contribution in [3.05, 3.63) is 12.3 Å². The molecule has 0 rings (SSSR count). The Balaban J connectivity index is 3.84. The molecule has 0 aliphatic heterocycles. The number of amides is 1. The Labute approximate surface area is 48.2 Å². The van der Waals surface area contributed by atoms with Crippen molar-refractivity contribution in [3.8, 4) is 0 Å². The minimum atomic E-state index is -0.454. The van der Waals surface area contributed by atoms with Gasteiger partial charge in [-0.15, -0.1) is 0 Å². The van der Waals surface area contributed by atoms with Crippen molar-refractivity contribution in [3.63, 3.8) is 0 Å². The molecule has 0 aromatic rings. The van der Waals surface area contributed by atoms with Gasteiger partial charge in [-0.2, -0.15) is 0 Å². The first-order chi connectivity index (χ1) is 3.55. The van der Waals surface area contributed by atoms with E-state index < -0.39 is 11.7 Å². The molecule has 0 atom stereocenters. The molecular formula is C5H9NO2. The third kappa shape index (κ3) is 1.64. The number of nitrogens with zero attached hydrogens (tertiary/aromatic N) is 1. The summed E-state index contributed by atoms with van der Waals surface area (Å²) in [5, 5.41) is 8.41. The largest absolute Gasteiger partial charge is 0.503 e. The van der Waals surface area contributed by atoms with Gasteiger partial charge in [-0.25, -0.2) is 0 Å². The Hall–Kier alpha value is -0.990. The van der Waals surface area contributed by atoms with Crippen molar-refractivity contribution in [2.75, 3.05) is 14.1 Å². The quantitative estimate of drug-likeness (QED) is 0.390. The van der Waals surface area contributed by atoms with Crippen molar-refractivity contribution in [1.29, 1.82) is 0 Å². The average molecular weight is 115 g/mol. The fraction of sp³-hybridized carbons (Fsp3) is 0.400. The minimum Gasteiger partial charge on any atom is -0.503 e. The summed E-state index contributed by atoms with van der Waals surface area (Å²) in [6, 6.07) is 0. The number of rotatable bonds is 1. The predicted octanol–water partition coefficient (Wildman–Crippen LogP) is 0.146. The first kappa shape index (κ1) is 7.01. The van der Waals surface area contributed by atoms with E-state index in [9.17, 15) is 4.79 Å². The van der Waals surface area contributed by atoms with Crippen LogP contribution in [0.4, 0.5) is 0 Å². The van der Waals surface area contributed by atoms with Crippen LogP contribution in [-0.2, 0) is 4.79 Å². The van der Waals surface area contributed by atoms with Crippen LogP contribution in [0.3, 0.4) is 0 Å². The molecule has 0 radical (unpaired) electrons. The van der Waals surface area contributed by atoms with Crippen LogP contribution in [0.2, 0.25) is 0 Å². The molecule has 0 bridgehead atoms. The standard InChI is InChI=1S/C5H9NO2/c1-4(7)5(8)6(2)3/h7H,1H2,2-3H3. The third-order valence-electron chi connectivity index (χ3n) is 0.653. The average Bonchev–Trinajstić information content (AvgIpc) is 1.64. The van der Waals surface area contributed by atoms with E-state index in [0.29, 0.717) is 0 Å². The highest BCUT2D eigenvalue weighted by molar-refractivity contribution is 5.89. The SMILES string of the molecule is C=C(O)C(=O)N(C)C. The highest BCUT2D eigenvalue weighted by Gasteiger charge is 2.04.